The highest BCUT2D eigenvalue weighted by Gasteiger charge is 2.31. The van der Waals surface area contributed by atoms with Gasteiger partial charge in [0.25, 0.3) is 0 Å². The topological polar surface area (TPSA) is 82.7 Å². The smallest absolute Gasteiger partial charge is 0.216 e. The average molecular weight is 464 g/mol. The van der Waals surface area contributed by atoms with Crippen LogP contribution in [0.1, 0.15) is 62.8 Å². The van der Waals surface area contributed by atoms with Crippen molar-refractivity contribution in [2.75, 3.05) is 19.7 Å². The van der Waals surface area contributed by atoms with Crippen LogP contribution in [0.3, 0.4) is 0 Å². The monoisotopic (exact) mass is 464 g/mol. The minimum Gasteiger partial charge on any atom is -0.444 e. The molecule has 0 spiro atoms. The molecule has 1 aliphatic carbocycles. The Balaban J connectivity index is 0.00000312. The van der Waals surface area contributed by atoms with Gasteiger partial charge in [-0.3, -0.25) is 0 Å². The van der Waals surface area contributed by atoms with Gasteiger partial charge in [-0.25, -0.2) is 9.98 Å². The van der Waals surface area contributed by atoms with Crippen LogP contribution >= 0.6 is 24.0 Å². The zero-order valence-electron chi connectivity index (χ0n) is 15.7. The molecule has 3 N–H and O–H groups in total. The highest BCUT2D eigenvalue weighted by atomic mass is 127. The van der Waals surface area contributed by atoms with Crippen molar-refractivity contribution in [2.45, 2.75) is 65.8 Å². The number of aliphatic hydroxyl groups excluding tert-OH is 1. The maximum atomic E-state index is 9.44. The Morgan fingerprint density at radius 3 is 2.52 bits per heavy atom. The zero-order valence-corrected chi connectivity index (χ0v) is 18.1. The van der Waals surface area contributed by atoms with Gasteiger partial charge in [-0.2, -0.15) is 0 Å². The lowest BCUT2D eigenvalue weighted by molar-refractivity contribution is 0.131. The van der Waals surface area contributed by atoms with Crippen LogP contribution in [0.4, 0.5) is 0 Å². The average Bonchev–Trinajstić information content (AvgIpc) is 2.90. The first-order valence-electron chi connectivity index (χ1n) is 9.14. The van der Waals surface area contributed by atoms with Crippen molar-refractivity contribution in [1.82, 2.24) is 15.6 Å². The lowest BCUT2D eigenvalue weighted by atomic mass is 9.72. The number of hydrogen-bond donors (Lipinski definition) is 3. The van der Waals surface area contributed by atoms with Gasteiger partial charge in [0.1, 0.15) is 12.3 Å². The van der Waals surface area contributed by atoms with Crippen molar-refractivity contribution < 1.29 is 9.52 Å². The van der Waals surface area contributed by atoms with Gasteiger partial charge in [0.15, 0.2) is 5.96 Å². The first kappa shape index (κ1) is 22.2. The second kappa shape index (κ2) is 11.0. The molecular formula is C18H33IN4O2. The van der Waals surface area contributed by atoms with Crippen LogP contribution in [0.15, 0.2) is 9.41 Å². The van der Waals surface area contributed by atoms with Gasteiger partial charge in [0.05, 0.1) is 5.69 Å². The van der Waals surface area contributed by atoms with E-state index in [1.807, 2.05) is 13.8 Å². The Kier molecular flexibility index (Phi) is 9.78. The summed E-state index contributed by atoms with van der Waals surface area (Å²) in [5.41, 5.74) is 1.11. The number of nitrogens with zero attached hydrogens (tertiary/aromatic N) is 2. The minimum absolute atomic E-state index is 0. The van der Waals surface area contributed by atoms with Gasteiger partial charge in [0, 0.05) is 19.7 Å². The number of guanidine groups is 1. The van der Waals surface area contributed by atoms with Crippen molar-refractivity contribution >= 4 is 29.9 Å². The third kappa shape index (κ3) is 6.77. The van der Waals surface area contributed by atoms with Crippen molar-refractivity contribution in [3.8, 4) is 0 Å². The molecule has 1 aliphatic rings. The SMILES string of the molecule is CCNC(=NCc1nc(C)c(C)o1)NCC1(CCO)CCCCC1.I. The molecule has 0 atom stereocenters. The summed E-state index contributed by atoms with van der Waals surface area (Å²) in [5.74, 6) is 2.28. The fourth-order valence-corrected chi connectivity index (χ4v) is 3.42. The highest BCUT2D eigenvalue weighted by molar-refractivity contribution is 14.0. The van der Waals surface area contributed by atoms with Crippen LogP contribution in [0.5, 0.6) is 0 Å². The molecular weight excluding hydrogens is 431 g/mol. The normalized spacial score (nSPS) is 17.0. The standard InChI is InChI=1S/C18H32N4O2.HI/c1-4-19-17(20-12-16-22-14(2)15(3)24-16)21-13-18(10-11-23)8-6-5-7-9-18;/h23H,4-13H2,1-3H3,(H2,19,20,21);1H. The Labute approximate surface area is 168 Å². The Bertz CT molecular complexity index is 514. The predicted molar refractivity (Wildman–Crippen MR) is 111 cm³/mol. The maximum Gasteiger partial charge on any atom is 0.216 e. The van der Waals surface area contributed by atoms with E-state index in [4.69, 9.17) is 4.42 Å². The molecule has 25 heavy (non-hydrogen) atoms. The van der Waals surface area contributed by atoms with Crippen molar-refractivity contribution in [3.63, 3.8) is 0 Å². The summed E-state index contributed by atoms with van der Waals surface area (Å²) in [7, 11) is 0. The Hall–Kier alpha value is -0.830. The lowest BCUT2D eigenvalue weighted by Gasteiger charge is -2.37. The largest absolute Gasteiger partial charge is 0.444 e. The second-order valence-electron chi connectivity index (χ2n) is 6.83. The van der Waals surface area contributed by atoms with E-state index in [-0.39, 0.29) is 36.0 Å². The number of aromatic nitrogens is 1. The fraction of sp³-hybridized carbons (Fsp3) is 0.778. The van der Waals surface area contributed by atoms with Crippen molar-refractivity contribution in [3.05, 3.63) is 17.3 Å². The molecule has 2 rings (SSSR count). The lowest BCUT2D eigenvalue weighted by Crippen LogP contribution is -2.44. The summed E-state index contributed by atoms with van der Waals surface area (Å²) in [6, 6.07) is 0. The molecule has 0 amide bonds. The molecule has 0 bridgehead atoms. The van der Waals surface area contributed by atoms with Crippen LogP contribution < -0.4 is 10.6 Å². The molecule has 7 heteroatoms. The van der Waals surface area contributed by atoms with Gasteiger partial charge in [-0.05, 0) is 45.4 Å². The van der Waals surface area contributed by atoms with E-state index >= 15 is 0 Å². The van der Waals surface area contributed by atoms with Crippen LogP contribution in [0.2, 0.25) is 0 Å². The number of halogens is 1. The molecule has 0 aliphatic heterocycles. The Morgan fingerprint density at radius 2 is 1.96 bits per heavy atom. The molecule has 1 aromatic heterocycles. The van der Waals surface area contributed by atoms with Crippen molar-refractivity contribution in [1.29, 1.82) is 0 Å². The van der Waals surface area contributed by atoms with E-state index in [1.165, 1.54) is 32.1 Å². The van der Waals surface area contributed by atoms with Gasteiger partial charge >= 0.3 is 0 Å². The maximum absolute atomic E-state index is 9.44. The number of aliphatic hydroxyl groups is 1. The van der Waals surface area contributed by atoms with E-state index < -0.39 is 0 Å². The molecule has 1 heterocycles. The third-order valence-corrected chi connectivity index (χ3v) is 4.98. The quantitative estimate of drug-likeness (QED) is 0.328. The molecule has 0 radical (unpaired) electrons. The van der Waals surface area contributed by atoms with Crippen molar-refractivity contribution in [2.24, 2.45) is 10.4 Å². The molecule has 1 saturated carbocycles. The fourth-order valence-electron chi connectivity index (χ4n) is 3.42. The summed E-state index contributed by atoms with van der Waals surface area (Å²) in [6.07, 6.45) is 7.03. The summed E-state index contributed by atoms with van der Waals surface area (Å²) in [6.45, 7) is 8.26. The van der Waals surface area contributed by atoms with E-state index in [9.17, 15) is 5.11 Å². The number of rotatable bonds is 7. The molecule has 144 valence electrons. The Morgan fingerprint density at radius 1 is 1.24 bits per heavy atom. The van der Waals surface area contributed by atoms with Gasteiger partial charge in [0.2, 0.25) is 5.89 Å². The number of oxazole rings is 1. The molecule has 6 nitrogen and oxygen atoms in total. The molecule has 0 aromatic carbocycles. The summed E-state index contributed by atoms with van der Waals surface area (Å²) in [4.78, 5) is 8.96. The molecule has 0 saturated heterocycles. The first-order valence-corrected chi connectivity index (χ1v) is 9.14. The summed E-state index contributed by atoms with van der Waals surface area (Å²) >= 11 is 0. The number of nitrogens with one attached hydrogen (secondary N) is 2. The highest BCUT2D eigenvalue weighted by Crippen LogP contribution is 2.38. The second-order valence-corrected chi connectivity index (χ2v) is 6.83. The minimum atomic E-state index is 0. The van der Waals surface area contributed by atoms with Crippen LogP contribution in [-0.2, 0) is 6.54 Å². The van der Waals surface area contributed by atoms with Crippen LogP contribution in [0, 0.1) is 19.3 Å². The van der Waals surface area contributed by atoms with E-state index in [1.54, 1.807) is 0 Å². The van der Waals surface area contributed by atoms with E-state index in [0.29, 0.717) is 12.4 Å². The van der Waals surface area contributed by atoms with E-state index in [0.717, 1.165) is 36.9 Å². The zero-order chi connectivity index (χ0) is 17.4. The number of hydrogen-bond acceptors (Lipinski definition) is 4. The van der Waals surface area contributed by atoms with E-state index in [2.05, 4.69) is 27.5 Å². The van der Waals surface area contributed by atoms with Crippen LogP contribution in [0.25, 0.3) is 0 Å². The predicted octanol–water partition coefficient (Wildman–Crippen LogP) is 3.30. The third-order valence-electron chi connectivity index (χ3n) is 4.98. The summed E-state index contributed by atoms with van der Waals surface area (Å²) < 4.78 is 5.59. The number of aliphatic imine (C=N–C) groups is 1. The van der Waals surface area contributed by atoms with Gasteiger partial charge in [-0.1, -0.05) is 19.3 Å². The van der Waals surface area contributed by atoms with Gasteiger partial charge in [-0.15, -0.1) is 24.0 Å². The molecule has 1 aromatic rings. The molecule has 1 fully saturated rings. The number of aryl methyl sites for hydroxylation is 2. The summed E-state index contributed by atoms with van der Waals surface area (Å²) in [5, 5.41) is 16.2. The van der Waals surface area contributed by atoms with Gasteiger partial charge < -0.3 is 20.2 Å². The molecule has 0 unspecified atom stereocenters. The first-order chi connectivity index (χ1) is 11.6. The van der Waals surface area contributed by atoms with Crippen LogP contribution in [-0.4, -0.2) is 35.7 Å².